The monoisotopic (exact) mass is 366 g/mol. The molecule has 0 radical (unpaired) electrons. The van der Waals surface area contributed by atoms with Gasteiger partial charge in [-0.25, -0.2) is 0 Å². The number of hydrogen-bond donors (Lipinski definition) is 0. The zero-order valence-electron chi connectivity index (χ0n) is 14.8. The molecule has 2 aliphatic heterocycles. The first-order valence-corrected chi connectivity index (χ1v) is 9.48. The van der Waals surface area contributed by atoms with Gasteiger partial charge in [0.15, 0.2) is 0 Å². The Bertz CT molecular complexity index is 570. The summed E-state index contributed by atoms with van der Waals surface area (Å²) < 4.78 is 11.3. The highest BCUT2D eigenvalue weighted by atomic mass is 35.5. The van der Waals surface area contributed by atoms with Gasteiger partial charge in [-0.15, -0.1) is 0 Å². The minimum atomic E-state index is -0.399. The van der Waals surface area contributed by atoms with Gasteiger partial charge < -0.3 is 14.4 Å². The van der Waals surface area contributed by atoms with Crippen molar-refractivity contribution in [1.82, 2.24) is 9.80 Å². The van der Waals surface area contributed by atoms with Crippen molar-refractivity contribution in [2.75, 3.05) is 39.4 Å². The smallest absolute Gasteiger partial charge is 0.251 e. The summed E-state index contributed by atoms with van der Waals surface area (Å²) in [6.45, 7) is 7.27. The molecule has 0 bridgehead atoms. The SMILES string of the molecule is CC(OCC1CCCO1)C(=O)N1CCN(Cc2cccc(Cl)c2)CC1. The average Bonchev–Trinajstić information content (AvgIpc) is 3.13. The predicted molar refractivity (Wildman–Crippen MR) is 97.7 cm³/mol. The topological polar surface area (TPSA) is 42.0 Å². The van der Waals surface area contributed by atoms with Gasteiger partial charge in [0.2, 0.25) is 0 Å². The van der Waals surface area contributed by atoms with Crippen LogP contribution in [0.5, 0.6) is 0 Å². The van der Waals surface area contributed by atoms with E-state index in [1.165, 1.54) is 5.56 Å². The molecule has 0 saturated carbocycles. The minimum Gasteiger partial charge on any atom is -0.376 e. The average molecular weight is 367 g/mol. The van der Waals surface area contributed by atoms with E-state index in [1.54, 1.807) is 0 Å². The molecule has 1 aromatic rings. The zero-order valence-corrected chi connectivity index (χ0v) is 15.6. The second-order valence-electron chi connectivity index (χ2n) is 6.84. The molecule has 0 spiro atoms. The van der Waals surface area contributed by atoms with Gasteiger partial charge >= 0.3 is 0 Å². The number of halogens is 1. The van der Waals surface area contributed by atoms with Crippen LogP contribution in [0.3, 0.4) is 0 Å². The second kappa shape index (κ2) is 8.99. The van der Waals surface area contributed by atoms with E-state index in [1.807, 2.05) is 30.0 Å². The number of carbonyl (C=O) groups is 1. The Labute approximate surface area is 154 Å². The molecule has 25 heavy (non-hydrogen) atoms. The fraction of sp³-hybridized carbons (Fsp3) is 0.632. The summed E-state index contributed by atoms with van der Waals surface area (Å²) in [4.78, 5) is 16.8. The molecule has 6 heteroatoms. The molecule has 2 saturated heterocycles. The van der Waals surface area contributed by atoms with Crippen molar-refractivity contribution in [2.45, 2.75) is 38.5 Å². The number of rotatable bonds is 6. The van der Waals surface area contributed by atoms with Crippen molar-refractivity contribution >= 4 is 17.5 Å². The van der Waals surface area contributed by atoms with Crippen LogP contribution in [0.15, 0.2) is 24.3 Å². The first kappa shape index (κ1) is 18.6. The van der Waals surface area contributed by atoms with Gasteiger partial charge in [-0.05, 0) is 37.5 Å². The van der Waals surface area contributed by atoms with Crippen LogP contribution >= 0.6 is 11.6 Å². The number of amides is 1. The highest BCUT2D eigenvalue weighted by Crippen LogP contribution is 2.16. The van der Waals surface area contributed by atoms with Gasteiger partial charge in [-0.2, -0.15) is 0 Å². The summed E-state index contributed by atoms with van der Waals surface area (Å²) in [5.41, 5.74) is 1.21. The van der Waals surface area contributed by atoms with Gasteiger partial charge in [0.25, 0.3) is 5.91 Å². The number of benzene rings is 1. The lowest BCUT2D eigenvalue weighted by atomic mass is 10.2. The Kier molecular flexibility index (Phi) is 6.70. The molecule has 5 nitrogen and oxygen atoms in total. The molecule has 2 aliphatic rings. The summed E-state index contributed by atoms with van der Waals surface area (Å²) in [5, 5.41) is 0.767. The summed E-state index contributed by atoms with van der Waals surface area (Å²) in [6, 6.07) is 7.95. The van der Waals surface area contributed by atoms with E-state index in [0.717, 1.165) is 57.2 Å². The van der Waals surface area contributed by atoms with Gasteiger partial charge in [0.1, 0.15) is 6.10 Å². The summed E-state index contributed by atoms with van der Waals surface area (Å²) in [7, 11) is 0. The van der Waals surface area contributed by atoms with Crippen molar-refractivity contribution < 1.29 is 14.3 Å². The number of carbonyl (C=O) groups excluding carboxylic acids is 1. The maximum Gasteiger partial charge on any atom is 0.251 e. The first-order valence-electron chi connectivity index (χ1n) is 9.10. The Balaban J connectivity index is 1.40. The van der Waals surface area contributed by atoms with E-state index in [4.69, 9.17) is 21.1 Å². The highest BCUT2D eigenvalue weighted by molar-refractivity contribution is 6.30. The lowest BCUT2D eigenvalue weighted by molar-refractivity contribution is -0.146. The van der Waals surface area contributed by atoms with Gasteiger partial charge in [-0.3, -0.25) is 9.69 Å². The van der Waals surface area contributed by atoms with Crippen molar-refractivity contribution in [2.24, 2.45) is 0 Å². The Morgan fingerprint density at radius 3 is 2.84 bits per heavy atom. The molecule has 2 atom stereocenters. The van der Waals surface area contributed by atoms with E-state index in [0.29, 0.717) is 6.61 Å². The van der Waals surface area contributed by atoms with Crippen molar-refractivity contribution in [3.05, 3.63) is 34.9 Å². The van der Waals surface area contributed by atoms with E-state index in [2.05, 4.69) is 11.0 Å². The highest BCUT2D eigenvalue weighted by Gasteiger charge is 2.26. The standard InChI is InChI=1S/C19H27ClN2O3/c1-15(25-14-18-6-3-11-24-18)19(23)22-9-7-21(8-10-22)13-16-4-2-5-17(20)12-16/h2,4-5,12,15,18H,3,6-11,13-14H2,1H3. The van der Waals surface area contributed by atoms with Crippen molar-refractivity contribution in [3.8, 4) is 0 Å². The molecule has 2 fully saturated rings. The van der Waals surface area contributed by atoms with Crippen LogP contribution in [0.1, 0.15) is 25.3 Å². The number of piperazine rings is 1. The summed E-state index contributed by atoms with van der Waals surface area (Å²) in [5.74, 6) is 0.0837. The molecular weight excluding hydrogens is 340 g/mol. The van der Waals surface area contributed by atoms with Gasteiger partial charge in [0, 0.05) is 44.4 Å². The number of ether oxygens (including phenoxy) is 2. The van der Waals surface area contributed by atoms with Crippen LogP contribution in [0.25, 0.3) is 0 Å². The summed E-state index contributed by atoms with van der Waals surface area (Å²) >= 11 is 6.04. The van der Waals surface area contributed by atoms with E-state index in [-0.39, 0.29) is 12.0 Å². The minimum absolute atomic E-state index is 0.0837. The largest absolute Gasteiger partial charge is 0.376 e. The van der Waals surface area contributed by atoms with Crippen LogP contribution in [0, 0.1) is 0 Å². The maximum absolute atomic E-state index is 12.5. The molecule has 1 aromatic carbocycles. The van der Waals surface area contributed by atoms with E-state index >= 15 is 0 Å². The third-order valence-corrected chi connectivity index (χ3v) is 5.12. The van der Waals surface area contributed by atoms with Crippen molar-refractivity contribution in [1.29, 1.82) is 0 Å². The normalized spacial score (nSPS) is 23.0. The molecule has 3 rings (SSSR count). The van der Waals surface area contributed by atoms with E-state index < -0.39 is 6.10 Å². The summed E-state index contributed by atoms with van der Waals surface area (Å²) in [6.07, 6.45) is 1.88. The predicted octanol–water partition coefficient (Wildman–Crippen LogP) is 2.57. The molecule has 0 aliphatic carbocycles. The molecule has 138 valence electrons. The second-order valence-corrected chi connectivity index (χ2v) is 7.28. The lowest BCUT2D eigenvalue weighted by Crippen LogP contribution is -2.51. The quantitative estimate of drug-likeness (QED) is 0.776. The lowest BCUT2D eigenvalue weighted by Gasteiger charge is -2.36. The molecule has 2 unspecified atom stereocenters. The zero-order chi connectivity index (χ0) is 17.6. The number of hydrogen-bond acceptors (Lipinski definition) is 4. The van der Waals surface area contributed by atoms with Gasteiger partial charge in [-0.1, -0.05) is 23.7 Å². The van der Waals surface area contributed by atoms with Gasteiger partial charge in [0.05, 0.1) is 12.7 Å². The molecule has 1 amide bonds. The van der Waals surface area contributed by atoms with Crippen LogP contribution in [-0.2, 0) is 20.8 Å². The van der Waals surface area contributed by atoms with E-state index in [9.17, 15) is 4.79 Å². The van der Waals surface area contributed by atoms with Crippen LogP contribution in [0.4, 0.5) is 0 Å². The molecular formula is C19H27ClN2O3. The fourth-order valence-electron chi connectivity index (χ4n) is 3.38. The van der Waals surface area contributed by atoms with Crippen LogP contribution in [0.2, 0.25) is 5.02 Å². The fourth-order valence-corrected chi connectivity index (χ4v) is 3.59. The molecule has 2 heterocycles. The third kappa shape index (κ3) is 5.42. The number of nitrogens with zero attached hydrogens (tertiary/aromatic N) is 2. The first-order chi connectivity index (χ1) is 12.1. The molecule has 0 N–H and O–H groups in total. The Morgan fingerprint density at radius 2 is 2.16 bits per heavy atom. The Morgan fingerprint density at radius 1 is 1.36 bits per heavy atom. The molecule has 0 aromatic heterocycles. The van der Waals surface area contributed by atoms with Crippen molar-refractivity contribution in [3.63, 3.8) is 0 Å². The maximum atomic E-state index is 12.5. The Hall–Kier alpha value is -1.14. The van der Waals surface area contributed by atoms with Crippen LogP contribution < -0.4 is 0 Å². The van der Waals surface area contributed by atoms with Crippen LogP contribution in [-0.4, -0.2) is 67.3 Å². The third-order valence-electron chi connectivity index (χ3n) is 4.88.